The monoisotopic (exact) mass is 540 g/mol. The van der Waals surface area contributed by atoms with Crippen molar-refractivity contribution in [3.05, 3.63) is 36.7 Å². The Labute approximate surface area is 169 Å². The van der Waals surface area contributed by atoms with Crippen LogP contribution in [0.1, 0.15) is 11.1 Å². The Bertz CT molecular complexity index is 794. The predicted octanol–water partition coefficient (Wildman–Crippen LogP) is 5.18. The van der Waals surface area contributed by atoms with Gasteiger partial charge in [0.15, 0.2) is 23.0 Å². The molecular weight excluding hydrogens is 528 g/mol. The van der Waals surface area contributed by atoms with Gasteiger partial charge in [-0.15, -0.1) is 0 Å². The summed E-state index contributed by atoms with van der Waals surface area (Å²) in [6.45, 7) is 0.400. The third-order valence-electron chi connectivity index (χ3n) is 3.29. The fraction of sp³-hybridized carbons (Fsp3) is 0.250. The van der Waals surface area contributed by atoms with Gasteiger partial charge in [-0.25, -0.2) is 0 Å². The second-order valence-electron chi connectivity index (χ2n) is 5.02. The Kier molecular flexibility index (Phi) is 6.98. The highest BCUT2D eigenvalue weighted by Gasteiger charge is 2.23. The van der Waals surface area contributed by atoms with Crippen molar-refractivity contribution in [2.24, 2.45) is 0 Å². The Hall–Kier alpha value is -1.00. The van der Waals surface area contributed by atoms with Crippen LogP contribution in [-0.2, 0) is 22.7 Å². The number of benzene rings is 2. The first-order valence-electron chi connectivity index (χ1n) is 6.90. The van der Waals surface area contributed by atoms with Gasteiger partial charge in [0.05, 0.1) is 26.6 Å². The molecule has 2 aromatic carbocycles. The average molecular weight is 543 g/mol. The van der Waals surface area contributed by atoms with Gasteiger partial charge in [0, 0.05) is 19.8 Å². The molecule has 0 aromatic heterocycles. The molecule has 0 fully saturated rings. The number of hydrogen-bond donors (Lipinski definition) is 3. The van der Waals surface area contributed by atoms with Gasteiger partial charge >= 0.3 is 0 Å². The van der Waals surface area contributed by atoms with E-state index in [2.05, 4.69) is 47.8 Å². The number of methoxy groups -OCH3 is 2. The number of rotatable bonds is 6. The van der Waals surface area contributed by atoms with E-state index in [0.717, 1.165) is 5.56 Å². The molecule has 0 amide bonds. The molecule has 0 aliphatic rings. The van der Waals surface area contributed by atoms with Crippen LogP contribution < -0.4 is 4.74 Å². The van der Waals surface area contributed by atoms with E-state index in [4.69, 9.17) is 14.2 Å². The van der Waals surface area contributed by atoms with Crippen molar-refractivity contribution >= 4 is 47.8 Å². The van der Waals surface area contributed by atoms with Crippen molar-refractivity contribution in [1.82, 2.24) is 0 Å². The van der Waals surface area contributed by atoms with Crippen LogP contribution in [0.15, 0.2) is 25.6 Å². The standard InChI is InChI=1S/C16H15Br3O6/c1-23-5-7-3-10(18)13(21)16(11(7)19)25-15-8(6-24-2)4-9(17)12(20)14(15)22/h3-4,20-22H,5-6H2,1-2H3. The second kappa shape index (κ2) is 8.59. The highest BCUT2D eigenvalue weighted by atomic mass is 79.9. The second-order valence-corrected chi connectivity index (χ2v) is 7.52. The van der Waals surface area contributed by atoms with Gasteiger partial charge in [-0.2, -0.15) is 0 Å². The van der Waals surface area contributed by atoms with Crippen molar-refractivity contribution in [2.45, 2.75) is 13.2 Å². The molecule has 0 bridgehead atoms. The SMILES string of the molecule is COCc1cc(Br)c(O)c(Oc2c(COC)cc(Br)c(O)c2O)c1Br. The quantitative estimate of drug-likeness (QED) is 0.436. The topological polar surface area (TPSA) is 88.4 Å². The van der Waals surface area contributed by atoms with Crippen LogP contribution in [0, 0.1) is 0 Å². The minimum Gasteiger partial charge on any atom is -0.503 e. The van der Waals surface area contributed by atoms with Gasteiger partial charge in [0.25, 0.3) is 0 Å². The van der Waals surface area contributed by atoms with Crippen LogP contribution in [0.5, 0.6) is 28.7 Å². The fourth-order valence-electron chi connectivity index (χ4n) is 2.13. The number of phenols is 3. The summed E-state index contributed by atoms with van der Waals surface area (Å²) in [4.78, 5) is 0. The number of hydrogen-bond acceptors (Lipinski definition) is 6. The molecule has 9 heteroatoms. The summed E-state index contributed by atoms with van der Waals surface area (Å²) in [6.07, 6.45) is 0. The molecule has 0 spiro atoms. The molecule has 136 valence electrons. The van der Waals surface area contributed by atoms with E-state index in [9.17, 15) is 15.3 Å². The van der Waals surface area contributed by atoms with Gasteiger partial charge < -0.3 is 29.5 Å². The lowest BCUT2D eigenvalue weighted by atomic mass is 10.1. The van der Waals surface area contributed by atoms with Crippen molar-refractivity contribution in [3.8, 4) is 28.7 Å². The Morgan fingerprint density at radius 2 is 1.28 bits per heavy atom. The molecule has 2 aromatic rings. The number of ether oxygens (including phenoxy) is 3. The van der Waals surface area contributed by atoms with Crippen LogP contribution in [0.25, 0.3) is 0 Å². The lowest BCUT2D eigenvalue weighted by Gasteiger charge is -2.18. The lowest BCUT2D eigenvalue weighted by Crippen LogP contribution is -1.98. The molecule has 0 aliphatic heterocycles. The summed E-state index contributed by atoms with van der Waals surface area (Å²) in [6, 6.07) is 3.25. The van der Waals surface area contributed by atoms with E-state index in [1.165, 1.54) is 7.11 Å². The molecule has 0 heterocycles. The fourth-order valence-corrected chi connectivity index (χ4v) is 3.55. The van der Waals surface area contributed by atoms with Crippen LogP contribution >= 0.6 is 47.8 Å². The molecule has 0 aliphatic carbocycles. The minimum absolute atomic E-state index is 0.0278. The summed E-state index contributed by atoms with van der Waals surface area (Å²) in [7, 11) is 3.04. The first-order valence-corrected chi connectivity index (χ1v) is 9.28. The van der Waals surface area contributed by atoms with Crippen molar-refractivity contribution in [3.63, 3.8) is 0 Å². The van der Waals surface area contributed by atoms with Crippen LogP contribution in [-0.4, -0.2) is 29.5 Å². The zero-order valence-electron chi connectivity index (χ0n) is 13.3. The molecule has 25 heavy (non-hydrogen) atoms. The third kappa shape index (κ3) is 4.22. The zero-order chi connectivity index (χ0) is 18.7. The summed E-state index contributed by atoms with van der Waals surface area (Å²) in [5.41, 5.74) is 1.19. The van der Waals surface area contributed by atoms with Gasteiger partial charge in [0.1, 0.15) is 0 Å². The van der Waals surface area contributed by atoms with E-state index in [-0.39, 0.29) is 36.2 Å². The maximum atomic E-state index is 10.3. The van der Waals surface area contributed by atoms with Gasteiger partial charge in [-0.3, -0.25) is 0 Å². The van der Waals surface area contributed by atoms with E-state index in [1.807, 2.05) is 0 Å². The summed E-state index contributed by atoms with van der Waals surface area (Å²) < 4.78 is 17.1. The summed E-state index contributed by atoms with van der Waals surface area (Å²) >= 11 is 9.79. The first-order chi connectivity index (χ1) is 11.8. The third-order valence-corrected chi connectivity index (χ3v) is 5.36. The number of halogens is 3. The largest absolute Gasteiger partial charge is 0.503 e. The highest BCUT2D eigenvalue weighted by molar-refractivity contribution is 9.11. The maximum Gasteiger partial charge on any atom is 0.202 e. The molecule has 0 unspecified atom stereocenters. The lowest BCUT2D eigenvalue weighted by molar-refractivity contribution is 0.181. The summed E-state index contributed by atoms with van der Waals surface area (Å²) in [5, 5.41) is 30.6. The van der Waals surface area contributed by atoms with Crippen molar-refractivity contribution < 1.29 is 29.5 Å². The van der Waals surface area contributed by atoms with E-state index in [0.29, 0.717) is 19.0 Å². The van der Waals surface area contributed by atoms with Crippen LogP contribution in [0.3, 0.4) is 0 Å². The molecule has 0 saturated heterocycles. The van der Waals surface area contributed by atoms with Crippen LogP contribution in [0.2, 0.25) is 0 Å². The highest BCUT2D eigenvalue weighted by Crippen LogP contribution is 2.50. The molecule has 0 saturated carbocycles. The molecule has 0 radical (unpaired) electrons. The van der Waals surface area contributed by atoms with E-state index >= 15 is 0 Å². The van der Waals surface area contributed by atoms with Crippen LogP contribution in [0.4, 0.5) is 0 Å². The van der Waals surface area contributed by atoms with Crippen molar-refractivity contribution in [1.29, 1.82) is 0 Å². The predicted molar refractivity (Wildman–Crippen MR) is 102 cm³/mol. The average Bonchev–Trinajstić information content (AvgIpc) is 2.57. The molecule has 6 nitrogen and oxygen atoms in total. The Morgan fingerprint density at radius 1 is 0.760 bits per heavy atom. The molecular formula is C16H15Br3O6. The minimum atomic E-state index is -0.471. The Balaban J connectivity index is 2.62. The van der Waals surface area contributed by atoms with Gasteiger partial charge in [-0.1, -0.05) is 0 Å². The smallest absolute Gasteiger partial charge is 0.202 e. The normalized spacial score (nSPS) is 10.9. The van der Waals surface area contributed by atoms with Crippen molar-refractivity contribution in [2.75, 3.05) is 14.2 Å². The molecule has 2 rings (SSSR count). The number of phenolic OH excluding ortho intramolecular Hbond substituents is 3. The molecule has 0 atom stereocenters. The first kappa shape index (κ1) is 20.3. The molecule has 3 N–H and O–H groups in total. The van der Waals surface area contributed by atoms with E-state index < -0.39 is 5.75 Å². The van der Waals surface area contributed by atoms with Gasteiger partial charge in [0.2, 0.25) is 5.75 Å². The Morgan fingerprint density at radius 3 is 1.88 bits per heavy atom. The van der Waals surface area contributed by atoms with Gasteiger partial charge in [-0.05, 0) is 65.5 Å². The zero-order valence-corrected chi connectivity index (χ0v) is 18.0. The summed E-state index contributed by atoms with van der Waals surface area (Å²) in [5.74, 6) is -0.980. The maximum absolute atomic E-state index is 10.3. The van der Waals surface area contributed by atoms with E-state index in [1.54, 1.807) is 19.2 Å². The number of aromatic hydroxyl groups is 3.